The first kappa shape index (κ1) is 13.8. The molecule has 0 fully saturated rings. The van der Waals surface area contributed by atoms with Gasteiger partial charge in [-0.1, -0.05) is 13.0 Å². The fraction of sp³-hybridized carbons (Fsp3) is 0.429. The van der Waals surface area contributed by atoms with Crippen LogP contribution in [0.5, 0.6) is 0 Å². The number of hydrogen-bond acceptors (Lipinski definition) is 5. The summed E-state index contributed by atoms with van der Waals surface area (Å²) in [6, 6.07) is 6.43. The lowest BCUT2D eigenvalue weighted by Gasteiger charge is -2.14. The summed E-state index contributed by atoms with van der Waals surface area (Å²) in [6.45, 7) is 7.14. The molecule has 0 saturated carbocycles. The number of rotatable bonds is 6. The summed E-state index contributed by atoms with van der Waals surface area (Å²) in [5.41, 5.74) is 0. The fourth-order valence-corrected chi connectivity index (χ4v) is 2.57. The monoisotopic (exact) mass is 276 g/mol. The van der Waals surface area contributed by atoms with Gasteiger partial charge in [0, 0.05) is 23.9 Å². The summed E-state index contributed by atoms with van der Waals surface area (Å²) in [5, 5.41) is 8.77. The molecule has 2 aromatic heterocycles. The third-order valence-corrected chi connectivity index (χ3v) is 3.84. The summed E-state index contributed by atoms with van der Waals surface area (Å²) in [7, 11) is 0. The maximum atomic E-state index is 4.53. The smallest absolute Gasteiger partial charge is 0.132 e. The maximum Gasteiger partial charge on any atom is 0.132 e. The van der Waals surface area contributed by atoms with Gasteiger partial charge in [-0.2, -0.15) is 0 Å². The summed E-state index contributed by atoms with van der Waals surface area (Å²) < 4.78 is 0. The number of aryl methyl sites for hydroxylation is 1. The highest BCUT2D eigenvalue weighted by molar-refractivity contribution is 7.10. The third-order valence-electron chi connectivity index (χ3n) is 2.78. The Morgan fingerprint density at radius 2 is 2.05 bits per heavy atom. The van der Waals surface area contributed by atoms with Crippen LogP contribution in [0.1, 0.15) is 37.5 Å². The molecular formula is C14H20N4S. The Morgan fingerprint density at radius 3 is 2.68 bits per heavy atom. The highest BCUT2D eigenvalue weighted by Crippen LogP contribution is 2.23. The standard InChI is InChI=1S/C14H20N4S/c1-4-12-17-13(15-5-2)9-14(18-12)16-10(3)11-7-6-8-19-11/h6-10H,4-5H2,1-3H3,(H2,15,16,17,18). The van der Waals surface area contributed by atoms with E-state index in [9.17, 15) is 0 Å². The highest BCUT2D eigenvalue weighted by Gasteiger charge is 2.09. The Labute approximate surface area is 118 Å². The van der Waals surface area contributed by atoms with Crippen LogP contribution in [0, 0.1) is 0 Å². The van der Waals surface area contributed by atoms with Gasteiger partial charge >= 0.3 is 0 Å². The Balaban J connectivity index is 2.16. The molecule has 0 aromatic carbocycles. The summed E-state index contributed by atoms with van der Waals surface area (Å²) >= 11 is 1.75. The van der Waals surface area contributed by atoms with Crippen LogP contribution in [-0.4, -0.2) is 16.5 Å². The molecule has 0 aliphatic carbocycles. The van der Waals surface area contributed by atoms with E-state index in [1.807, 2.05) is 6.07 Å². The largest absolute Gasteiger partial charge is 0.370 e. The molecule has 0 bridgehead atoms. The van der Waals surface area contributed by atoms with Gasteiger partial charge in [0.05, 0.1) is 6.04 Å². The van der Waals surface area contributed by atoms with E-state index in [-0.39, 0.29) is 6.04 Å². The van der Waals surface area contributed by atoms with Crippen LogP contribution in [0.2, 0.25) is 0 Å². The average molecular weight is 276 g/mol. The van der Waals surface area contributed by atoms with Gasteiger partial charge < -0.3 is 10.6 Å². The predicted molar refractivity (Wildman–Crippen MR) is 81.9 cm³/mol. The van der Waals surface area contributed by atoms with Crippen LogP contribution in [0.4, 0.5) is 11.6 Å². The minimum atomic E-state index is 0.258. The van der Waals surface area contributed by atoms with E-state index in [0.717, 1.165) is 30.4 Å². The van der Waals surface area contributed by atoms with Crippen LogP contribution < -0.4 is 10.6 Å². The van der Waals surface area contributed by atoms with Crippen molar-refractivity contribution in [2.45, 2.75) is 33.2 Å². The van der Waals surface area contributed by atoms with E-state index in [0.29, 0.717) is 0 Å². The van der Waals surface area contributed by atoms with Gasteiger partial charge in [-0.25, -0.2) is 9.97 Å². The number of thiophene rings is 1. The molecular weight excluding hydrogens is 256 g/mol. The molecule has 2 rings (SSSR count). The molecule has 0 aliphatic heterocycles. The molecule has 102 valence electrons. The second-order valence-electron chi connectivity index (χ2n) is 4.32. The molecule has 2 aromatic rings. The molecule has 0 radical (unpaired) electrons. The van der Waals surface area contributed by atoms with Gasteiger partial charge in [0.25, 0.3) is 0 Å². The van der Waals surface area contributed by atoms with Crippen molar-refractivity contribution in [2.24, 2.45) is 0 Å². The van der Waals surface area contributed by atoms with Crippen molar-refractivity contribution in [1.29, 1.82) is 0 Å². The molecule has 0 saturated heterocycles. The van der Waals surface area contributed by atoms with E-state index in [2.05, 4.69) is 58.9 Å². The van der Waals surface area contributed by atoms with Gasteiger partial charge in [0.2, 0.25) is 0 Å². The lowest BCUT2D eigenvalue weighted by Crippen LogP contribution is -2.10. The lowest BCUT2D eigenvalue weighted by atomic mass is 10.3. The van der Waals surface area contributed by atoms with Crippen LogP contribution in [0.15, 0.2) is 23.6 Å². The second-order valence-corrected chi connectivity index (χ2v) is 5.30. The van der Waals surface area contributed by atoms with Gasteiger partial charge in [-0.3, -0.25) is 0 Å². The van der Waals surface area contributed by atoms with E-state index >= 15 is 0 Å². The number of hydrogen-bond donors (Lipinski definition) is 2. The summed E-state index contributed by atoms with van der Waals surface area (Å²) in [5.74, 6) is 2.62. The van der Waals surface area contributed by atoms with Gasteiger partial charge in [0.1, 0.15) is 17.5 Å². The molecule has 4 nitrogen and oxygen atoms in total. The molecule has 0 spiro atoms. The third kappa shape index (κ3) is 3.67. The number of nitrogens with one attached hydrogen (secondary N) is 2. The Morgan fingerprint density at radius 1 is 1.26 bits per heavy atom. The molecule has 1 unspecified atom stereocenters. The van der Waals surface area contributed by atoms with Gasteiger partial charge in [0.15, 0.2) is 0 Å². The zero-order chi connectivity index (χ0) is 13.7. The van der Waals surface area contributed by atoms with E-state index in [1.165, 1.54) is 4.88 Å². The quantitative estimate of drug-likeness (QED) is 0.844. The molecule has 5 heteroatoms. The molecule has 2 heterocycles. The Bertz CT molecular complexity index is 510. The van der Waals surface area contributed by atoms with Gasteiger partial charge in [-0.15, -0.1) is 11.3 Å². The minimum Gasteiger partial charge on any atom is -0.370 e. The number of aromatic nitrogens is 2. The van der Waals surface area contributed by atoms with Crippen molar-refractivity contribution in [1.82, 2.24) is 9.97 Å². The SMILES string of the molecule is CCNc1cc(NC(C)c2cccs2)nc(CC)n1. The zero-order valence-corrected chi connectivity index (χ0v) is 12.4. The minimum absolute atomic E-state index is 0.258. The molecule has 0 aliphatic rings. The topological polar surface area (TPSA) is 49.8 Å². The van der Waals surface area contributed by atoms with Crippen molar-refractivity contribution in [3.05, 3.63) is 34.3 Å². The first-order chi connectivity index (χ1) is 9.22. The number of anilines is 2. The summed E-state index contributed by atoms with van der Waals surface area (Å²) in [6.07, 6.45) is 0.835. The molecule has 1 atom stereocenters. The molecule has 0 amide bonds. The van der Waals surface area contributed by atoms with E-state index in [1.54, 1.807) is 11.3 Å². The first-order valence-electron chi connectivity index (χ1n) is 6.64. The van der Waals surface area contributed by atoms with Gasteiger partial charge in [-0.05, 0) is 25.3 Å². The normalized spacial score (nSPS) is 12.2. The van der Waals surface area contributed by atoms with Crippen LogP contribution in [0.3, 0.4) is 0 Å². The number of nitrogens with zero attached hydrogens (tertiary/aromatic N) is 2. The Kier molecular flexibility index (Phi) is 4.74. The van der Waals surface area contributed by atoms with Crippen LogP contribution >= 0.6 is 11.3 Å². The average Bonchev–Trinajstić information content (AvgIpc) is 2.92. The zero-order valence-electron chi connectivity index (χ0n) is 11.6. The second kappa shape index (κ2) is 6.52. The van der Waals surface area contributed by atoms with Crippen molar-refractivity contribution in [3.8, 4) is 0 Å². The van der Waals surface area contributed by atoms with Crippen molar-refractivity contribution in [3.63, 3.8) is 0 Å². The highest BCUT2D eigenvalue weighted by atomic mass is 32.1. The van der Waals surface area contributed by atoms with Crippen LogP contribution in [0.25, 0.3) is 0 Å². The maximum absolute atomic E-state index is 4.53. The predicted octanol–water partition coefficient (Wildman–Crippen LogP) is 3.71. The van der Waals surface area contributed by atoms with Crippen molar-refractivity contribution in [2.75, 3.05) is 17.2 Å². The Hall–Kier alpha value is -1.62. The molecule has 2 N–H and O–H groups in total. The van der Waals surface area contributed by atoms with Crippen molar-refractivity contribution < 1.29 is 0 Å². The summed E-state index contributed by atoms with van der Waals surface area (Å²) in [4.78, 5) is 10.3. The lowest BCUT2D eigenvalue weighted by molar-refractivity contribution is 0.872. The fourth-order valence-electron chi connectivity index (χ4n) is 1.83. The van der Waals surface area contributed by atoms with Crippen molar-refractivity contribution >= 4 is 23.0 Å². The molecule has 19 heavy (non-hydrogen) atoms. The first-order valence-corrected chi connectivity index (χ1v) is 7.52. The van der Waals surface area contributed by atoms with Crippen LogP contribution in [-0.2, 0) is 6.42 Å². The van der Waals surface area contributed by atoms with E-state index < -0.39 is 0 Å². The van der Waals surface area contributed by atoms with E-state index in [4.69, 9.17) is 0 Å².